The fourth-order valence-electron chi connectivity index (χ4n) is 0.584. The van der Waals surface area contributed by atoms with Crippen molar-refractivity contribution < 1.29 is 17.7 Å². The minimum absolute atomic E-state index is 0.0146. The highest BCUT2D eigenvalue weighted by molar-refractivity contribution is 9.10. The molecule has 0 aliphatic heterocycles. The van der Waals surface area contributed by atoms with Gasteiger partial charge in [0.2, 0.25) is 10.6 Å². The Morgan fingerprint density at radius 3 is 2.50 bits per heavy atom. The lowest BCUT2D eigenvalue weighted by Gasteiger charge is -2.01. The Morgan fingerprint density at radius 1 is 1.42 bits per heavy atom. The van der Waals surface area contributed by atoms with Gasteiger partial charge in [0.15, 0.2) is 0 Å². The van der Waals surface area contributed by atoms with Crippen LogP contribution in [0.15, 0.2) is 9.26 Å². The summed E-state index contributed by atoms with van der Waals surface area (Å²) < 4.78 is 39.6. The van der Waals surface area contributed by atoms with Crippen LogP contribution in [0.2, 0.25) is 0 Å². The predicted molar refractivity (Wildman–Crippen MR) is 36.4 cm³/mol. The molecule has 0 saturated heterocycles. The number of hydrogen-bond donors (Lipinski definition) is 0. The van der Waals surface area contributed by atoms with Crippen LogP contribution in [-0.2, 0) is 6.42 Å². The van der Waals surface area contributed by atoms with E-state index >= 15 is 0 Å². The third-order valence-corrected chi connectivity index (χ3v) is 1.39. The third-order valence-electron chi connectivity index (χ3n) is 1.07. The molecule has 7 heteroatoms. The van der Waals surface area contributed by atoms with Crippen molar-refractivity contribution in [3.63, 3.8) is 0 Å². The van der Waals surface area contributed by atoms with E-state index in [9.17, 15) is 13.2 Å². The summed E-state index contributed by atoms with van der Waals surface area (Å²) in [4.78, 5) is 3.55. The Labute approximate surface area is 74.1 Å². The van der Waals surface area contributed by atoms with Crippen LogP contribution in [0.5, 0.6) is 0 Å². The van der Waals surface area contributed by atoms with E-state index in [1.807, 2.05) is 0 Å². The normalized spacial score (nSPS) is 12.0. The van der Waals surface area contributed by atoms with E-state index in [4.69, 9.17) is 0 Å². The number of nitrogens with zero attached hydrogens (tertiary/aromatic N) is 2. The zero-order valence-electron chi connectivity index (χ0n) is 5.73. The lowest BCUT2D eigenvalue weighted by molar-refractivity contribution is -0.134. The van der Waals surface area contributed by atoms with Crippen LogP contribution in [0.1, 0.15) is 12.3 Å². The fraction of sp³-hybridized carbons (Fsp3) is 0.600. The van der Waals surface area contributed by atoms with Gasteiger partial charge < -0.3 is 4.52 Å². The van der Waals surface area contributed by atoms with E-state index < -0.39 is 12.6 Å². The van der Waals surface area contributed by atoms with Gasteiger partial charge in [0, 0.05) is 6.42 Å². The predicted octanol–water partition coefficient (Wildman–Crippen LogP) is 2.33. The molecule has 0 saturated carbocycles. The quantitative estimate of drug-likeness (QED) is 0.802. The van der Waals surface area contributed by atoms with E-state index in [1.54, 1.807) is 0 Å². The topological polar surface area (TPSA) is 38.9 Å². The zero-order chi connectivity index (χ0) is 9.19. The van der Waals surface area contributed by atoms with Gasteiger partial charge >= 0.3 is 6.18 Å². The molecule has 0 amide bonds. The van der Waals surface area contributed by atoms with Crippen molar-refractivity contribution in [2.45, 2.75) is 19.0 Å². The Balaban J connectivity index is 2.44. The molecule has 68 valence electrons. The van der Waals surface area contributed by atoms with E-state index in [1.165, 1.54) is 0 Å². The Kier molecular flexibility index (Phi) is 2.71. The van der Waals surface area contributed by atoms with Gasteiger partial charge in [-0.15, -0.1) is 0 Å². The first-order valence-corrected chi connectivity index (χ1v) is 3.81. The fourth-order valence-corrected chi connectivity index (χ4v) is 0.854. The number of halogens is 4. The summed E-state index contributed by atoms with van der Waals surface area (Å²) in [7, 11) is 0. The van der Waals surface area contributed by atoms with Crippen molar-refractivity contribution >= 4 is 15.9 Å². The van der Waals surface area contributed by atoms with Crippen molar-refractivity contribution in [1.29, 1.82) is 0 Å². The van der Waals surface area contributed by atoms with Gasteiger partial charge in [-0.2, -0.15) is 18.2 Å². The van der Waals surface area contributed by atoms with Crippen molar-refractivity contribution in [3.8, 4) is 0 Å². The van der Waals surface area contributed by atoms with Crippen LogP contribution in [-0.4, -0.2) is 16.3 Å². The number of hydrogen-bond acceptors (Lipinski definition) is 3. The first-order valence-electron chi connectivity index (χ1n) is 3.02. The molecule has 0 atom stereocenters. The largest absolute Gasteiger partial charge is 0.389 e. The van der Waals surface area contributed by atoms with Crippen LogP contribution in [0, 0.1) is 0 Å². The summed E-state index contributed by atoms with van der Waals surface area (Å²) in [5.74, 6) is -0.0146. The Morgan fingerprint density at radius 2 is 2.08 bits per heavy atom. The summed E-state index contributed by atoms with van der Waals surface area (Å²) in [6, 6.07) is 0. The van der Waals surface area contributed by atoms with Gasteiger partial charge in [-0.3, -0.25) is 0 Å². The van der Waals surface area contributed by atoms with Gasteiger partial charge in [0.05, 0.1) is 6.42 Å². The maximum absolute atomic E-state index is 11.6. The Hall–Kier alpha value is -0.590. The van der Waals surface area contributed by atoms with Crippen LogP contribution < -0.4 is 0 Å². The summed E-state index contributed by atoms with van der Waals surface area (Å²) in [6.07, 6.45) is -5.40. The number of rotatable bonds is 2. The van der Waals surface area contributed by atoms with Gasteiger partial charge in [0.1, 0.15) is 0 Å². The van der Waals surface area contributed by atoms with Crippen LogP contribution >= 0.6 is 15.9 Å². The molecule has 0 N–H and O–H groups in total. The molecule has 0 bridgehead atoms. The molecule has 12 heavy (non-hydrogen) atoms. The summed E-state index contributed by atoms with van der Waals surface area (Å²) in [6.45, 7) is 0. The highest BCUT2D eigenvalue weighted by Gasteiger charge is 2.27. The van der Waals surface area contributed by atoms with Gasteiger partial charge in [-0.25, -0.2) is 0 Å². The highest BCUT2D eigenvalue weighted by atomic mass is 79.9. The van der Waals surface area contributed by atoms with Crippen LogP contribution in [0.4, 0.5) is 13.2 Å². The highest BCUT2D eigenvalue weighted by Crippen LogP contribution is 2.21. The van der Waals surface area contributed by atoms with Crippen LogP contribution in [0.3, 0.4) is 0 Å². The smallest absolute Gasteiger partial charge is 0.338 e. The average molecular weight is 245 g/mol. The summed E-state index contributed by atoms with van der Waals surface area (Å²) in [5.41, 5.74) is 0. The summed E-state index contributed by atoms with van der Waals surface area (Å²) in [5, 5.41) is 3.28. The molecule has 1 heterocycles. The van der Waals surface area contributed by atoms with Gasteiger partial charge in [0.25, 0.3) is 0 Å². The SMILES string of the molecule is FC(F)(F)CCc1nc(Br)no1. The average Bonchev–Trinajstić information content (AvgIpc) is 2.30. The molecule has 1 aromatic heterocycles. The van der Waals surface area contributed by atoms with Gasteiger partial charge in [-0.05, 0) is 21.1 Å². The molecule has 3 nitrogen and oxygen atoms in total. The second-order valence-corrected chi connectivity index (χ2v) is 2.78. The van der Waals surface area contributed by atoms with E-state index in [0.29, 0.717) is 0 Å². The van der Waals surface area contributed by atoms with E-state index in [0.717, 1.165) is 0 Å². The van der Waals surface area contributed by atoms with E-state index in [2.05, 4.69) is 30.6 Å². The molecular weight excluding hydrogens is 241 g/mol. The molecule has 1 rings (SSSR count). The molecular formula is C5H4BrF3N2O. The minimum atomic E-state index is -4.18. The molecule has 0 aliphatic rings. The lowest BCUT2D eigenvalue weighted by Crippen LogP contribution is -2.08. The Bertz CT molecular complexity index is 259. The molecule has 0 radical (unpaired) electrons. The first kappa shape index (κ1) is 9.50. The molecule has 1 aromatic rings. The molecule has 0 aliphatic carbocycles. The summed E-state index contributed by atoms with van der Waals surface area (Å²) >= 11 is 2.86. The second-order valence-electron chi connectivity index (χ2n) is 2.07. The first-order chi connectivity index (χ1) is 5.47. The lowest BCUT2D eigenvalue weighted by atomic mass is 10.3. The van der Waals surface area contributed by atoms with Crippen molar-refractivity contribution in [1.82, 2.24) is 10.1 Å². The van der Waals surface area contributed by atoms with E-state index in [-0.39, 0.29) is 17.0 Å². The maximum Gasteiger partial charge on any atom is 0.389 e. The number of aromatic nitrogens is 2. The van der Waals surface area contributed by atoms with Gasteiger partial charge in [-0.1, -0.05) is 0 Å². The number of aryl methyl sites for hydroxylation is 1. The van der Waals surface area contributed by atoms with Crippen molar-refractivity contribution in [2.75, 3.05) is 0 Å². The molecule has 0 fully saturated rings. The van der Waals surface area contributed by atoms with Crippen LogP contribution in [0.25, 0.3) is 0 Å². The molecule has 0 aromatic carbocycles. The van der Waals surface area contributed by atoms with Crippen molar-refractivity contribution in [3.05, 3.63) is 10.6 Å². The second kappa shape index (κ2) is 3.42. The monoisotopic (exact) mass is 244 g/mol. The molecule has 0 spiro atoms. The minimum Gasteiger partial charge on any atom is -0.338 e. The number of alkyl halides is 3. The third kappa shape index (κ3) is 3.21. The zero-order valence-corrected chi connectivity index (χ0v) is 7.31. The molecule has 0 unspecified atom stereocenters. The van der Waals surface area contributed by atoms with Crippen molar-refractivity contribution in [2.24, 2.45) is 0 Å². The standard InChI is InChI=1S/C5H4BrF3N2O/c6-4-10-3(12-11-4)1-2-5(7,8)9/h1-2H2. The maximum atomic E-state index is 11.6.